The highest BCUT2D eigenvalue weighted by Crippen LogP contribution is 2.20. The number of hydrogen-bond donors (Lipinski definition) is 2. The first-order valence-corrected chi connectivity index (χ1v) is 6.69. The molecule has 1 unspecified atom stereocenters. The summed E-state index contributed by atoms with van der Waals surface area (Å²) in [7, 11) is 0. The average molecular weight is 283 g/mol. The minimum absolute atomic E-state index is 0.0641. The second-order valence-corrected chi connectivity index (χ2v) is 5.26. The van der Waals surface area contributed by atoms with Crippen LogP contribution in [0.4, 0.5) is 8.78 Å². The van der Waals surface area contributed by atoms with Crippen LogP contribution in [0.25, 0.3) is 0 Å². The van der Waals surface area contributed by atoms with Crippen molar-refractivity contribution < 1.29 is 13.6 Å². The number of nitrogens with two attached hydrogens (primary N) is 2. The smallest absolute Gasteiger partial charge is 0.220 e. The monoisotopic (exact) mass is 283 g/mol. The van der Waals surface area contributed by atoms with E-state index in [0.717, 1.165) is 38.1 Å². The van der Waals surface area contributed by atoms with Crippen molar-refractivity contribution in [3.05, 3.63) is 35.4 Å². The molecule has 0 spiro atoms. The van der Waals surface area contributed by atoms with Crippen LogP contribution in [0.5, 0.6) is 0 Å². The Morgan fingerprint density at radius 1 is 1.30 bits per heavy atom. The van der Waals surface area contributed by atoms with E-state index in [0.29, 0.717) is 12.1 Å². The predicted molar refractivity (Wildman–Crippen MR) is 71.6 cm³/mol. The zero-order valence-electron chi connectivity index (χ0n) is 11.2. The third kappa shape index (κ3) is 3.52. The molecule has 2 rings (SSSR count). The van der Waals surface area contributed by atoms with Crippen LogP contribution in [0.3, 0.4) is 0 Å². The highest BCUT2D eigenvalue weighted by molar-refractivity contribution is 5.76. The van der Waals surface area contributed by atoms with Gasteiger partial charge in [0.1, 0.15) is 0 Å². The molecular weight excluding hydrogens is 264 g/mol. The summed E-state index contributed by atoms with van der Waals surface area (Å²) in [5, 5.41) is 0. The topological polar surface area (TPSA) is 72.4 Å². The molecule has 1 amide bonds. The summed E-state index contributed by atoms with van der Waals surface area (Å²) in [5.41, 5.74) is 11.9. The van der Waals surface area contributed by atoms with Crippen molar-refractivity contribution in [2.45, 2.75) is 18.9 Å². The quantitative estimate of drug-likeness (QED) is 0.871. The Hall–Kier alpha value is -1.53. The van der Waals surface area contributed by atoms with Gasteiger partial charge in [0.2, 0.25) is 5.91 Å². The fourth-order valence-electron chi connectivity index (χ4n) is 2.53. The molecule has 6 heteroatoms. The Morgan fingerprint density at radius 2 is 1.95 bits per heavy atom. The van der Waals surface area contributed by atoms with Crippen LogP contribution in [0.15, 0.2) is 18.2 Å². The van der Waals surface area contributed by atoms with Gasteiger partial charge in [0.25, 0.3) is 0 Å². The number of benzene rings is 1. The summed E-state index contributed by atoms with van der Waals surface area (Å²) in [5.74, 6) is -2.08. The summed E-state index contributed by atoms with van der Waals surface area (Å²) in [6.45, 7) is 2.03. The summed E-state index contributed by atoms with van der Waals surface area (Å²) in [6, 6.07) is 3.34. The molecular formula is C14H19F2N3O. The van der Waals surface area contributed by atoms with Gasteiger partial charge in [-0.1, -0.05) is 6.07 Å². The zero-order chi connectivity index (χ0) is 14.7. The van der Waals surface area contributed by atoms with Crippen molar-refractivity contribution in [3.8, 4) is 0 Å². The van der Waals surface area contributed by atoms with Gasteiger partial charge in [0.05, 0.1) is 0 Å². The second kappa shape index (κ2) is 6.28. The lowest BCUT2D eigenvalue weighted by molar-refractivity contribution is -0.123. The third-order valence-corrected chi connectivity index (χ3v) is 3.82. The second-order valence-electron chi connectivity index (χ2n) is 5.26. The van der Waals surface area contributed by atoms with Crippen LogP contribution < -0.4 is 11.5 Å². The van der Waals surface area contributed by atoms with Crippen molar-refractivity contribution in [3.63, 3.8) is 0 Å². The van der Waals surface area contributed by atoms with E-state index in [9.17, 15) is 13.6 Å². The number of primary amides is 1. The fraction of sp³-hybridized carbons (Fsp3) is 0.500. The number of hydrogen-bond acceptors (Lipinski definition) is 3. The van der Waals surface area contributed by atoms with Crippen LogP contribution in [0.2, 0.25) is 0 Å². The van der Waals surface area contributed by atoms with Gasteiger partial charge in [-0.3, -0.25) is 4.79 Å². The van der Waals surface area contributed by atoms with Gasteiger partial charge in [-0.15, -0.1) is 0 Å². The first-order valence-electron chi connectivity index (χ1n) is 6.69. The van der Waals surface area contributed by atoms with Crippen LogP contribution in [0.1, 0.15) is 24.4 Å². The third-order valence-electron chi connectivity index (χ3n) is 3.82. The van der Waals surface area contributed by atoms with E-state index < -0.39 is 11.6 Å². The number of piperidine rings is 1. The van der Waals surface area contributed by atoms with E-state index in [1.54, 1.807) is 0 Å². The summed E-state index contributed by atoms with van der Waals surface area (Å²) >= 11 is 0. The predicted octanol–water partition coefficient (Wildman–Crippen LogP) is 1.16. The summed E-state index contributed by atoms with van der Waals surface area (Å²) in [6.07, 6.45) is 1.44. The maximum absolute atomic E-state index is 13.2. The van der Waals surface area contributed by atoms with E-state index >= 15 is 0 Å². The molecule has 1 aliphatic rings. The lowest BCUT2D eigenvalue weighted by atomic mass is 9.95. The van der Waals surface area contributed by atoms with Crippen molar-refractivity contribution in [2.75, 3.05) is 19.6 Å². The maximum atomic E-state index is 13.2. The van der Waals surface area contributed by atoms with E-state index in [2.05, 4.69) is 4.90 Å². The molecule has 110 valence electrons. The van der Waals surface area contributed by atoms with Gasteiger partial charge in [-0.25, -0.2) is 8.78 Å². The molecule has 1 aliphatic heterocycles. The van der Waals surface area contributed by atoms with E-state index in [-0.39, 0.29) is 17.9 Å². The van der Waals surface area contributed by atoms with Gasteiger partial charge in [-0.2, -0.15) is 0 Å². The molecule has 0 bridgehead atoms. The molecule has 1 saturated heterocycles. The number of carbonyl (C=O) groups is 1. The Balaban J connectivity index is 1.90. The lowest BCUT2D eigenvalue weighted by Crippen LogP contribution is -2.41. The molecule has 1 aromatic rings. The first-order chi connectivity index (χ1) is 9.47. The van der Waals surface area contributed by atoms with Crippen LogP contribution in [0, 0.1) is 17.6 Å². The molecule has 20 heavy (non-hydrogen) atoms. The molecule has 1 fully saturated rings. The molecule has 0 aromatic heterocycles. The number of carbonyl (C=O) groups excluding carboxylic acids is 1. The number of amides is 1. The van der Waals surface area contributed by atoms with Crippen LogP contribution in [-0.2, 0) is 4.79 Å². The van der Waals surface area contributed by atoms with E-state index in [4.69, 9.17) is 11.5 Å². The Bertz CT molecular complexity index is 487. The van der Waals surface area contributed by atoms with Crippen molar-refractivity contribution in [1.29, 1.82) is 0 Å². The average Bonchev–Trinajstić information content (AvgIpc) is 2.42. The van der Waals surface area contributed by atoms with Crippen molar-refractivity contribution >= 4 is 5.91 Å². The summed E-state index contributed by atoms with van der Waals surface area (Å²) in [4.78, 5) is 13.2. The number of nitrogens with zero attached hydrogens (tertiary/aromatic N) is 1. The molecule has 4 N–H and O–H groups in total. The highest BCUT2D eigenvalue weighted by atomic mass is 19.2. The lowest BCUT2D eigenvalue weighted by Gasteiger charge is -2.32. The standard InChI is InChI=1S/C14H19F2N3O/c15-11-2-1-10(7-12(11)16)13(17)8-19-5-3-9(4-6-19)14(18)20/h1-2,7,9,13H,3-6,8,17H2,(H2,18,20). The normalized spacial score (nSPS) is 18.9. The Kier molecular flexibility index (Phi) is 4.67. The minimum Gasteiger partial charge on any atom is -0.369 e. The van der Waals surface area contributed by atoms with Crippen LogP contribution in [-0.4, -0.2) is 30.4 Å². The molecule has 4 nitrogen and oxygen atoms in total. The molecule has 0 radical (unpaired) electrons. The summed E-state index contributed by atoms with van der Waals surface area (Å²) < 4.78 is 26.0. The Morgan fingerprint density at radius 3 is 2.50 bits per heavy atom. The Labute approximate surface area is 116 Å². The van der Waals surface area contributed by atoms with Crippen molar-refractivity contribution in [1.82, 2.24) is 4.90 Å². The van der Waals surface area contributed by atoms with Gasteiger partial charge in [-0.05, 0) is 43.6 Å². The minimum atomic E-state index is -0.884. The maximum Gasteiger partial charge on any atom is 0.220 e. The van der Waals surface area contributed by atoms with Gasteiger partial charge < -0.3 is 16.4 Å². The van der Waals surface area contributed by atoms with Crippen LogP contribution >= 0.6 is 0 Å². The first kappa shape index (κ1) is 14.9. The molecule has 1 aromatic carbocycles. The van der Waals surface area contributed by atoms with Gasteiger partial charge in [0, 0.05) is 18.5 Å². The van der Waals surface area contributed by atoms with Gasteiger partial charge in [0.15, 0.2) is 11.6 Å². The molecule has 0 aliphatic carbocycles. The SMILES string of the molecule is NC(=O)C1CCN(CC(N)c2ccc(F)c(F)c2)CC1. The van der Waals surface area contributed by atoms with E-state index in [1.165, 1.54) is 6.07 Å². The number of halogens is 2. The molecule has 1 heterocycles. The fourth-order valence-corrected chi connectivity index (χ4v) is 2.53. The number of rotatable bonds is 4. The zero-order valence-corrected chi connectivity index (χ0v) is 11.2. The highest BCUT2D eigenvalue weighted by Gasteiger charge is 2.24. The van der Waals surface area contributed by atoms with Gasteiger partial charge >= 0.3 is 0 Å². The molecule has 0 saturated carbocycles. The molecule has 1 atom stereocenters. The number of likely N-dealkylation sites (tertiary alicyclic amines) is 1. The van der Waals surface area contributed by atoms with E-state index in [1.807, 2.05) is 0 Å². The van der Waals surface area contributed by atoms with Crippen molar-refractivity contribution in [2.24, 2.45) is 17.4 Å². The largest absolute Gasteiger partial charge is 0.369 e.